The molecule has 144 valence electrons. The van der Waals surface area contributed by atoms with E-state index >= 15 is 0 Å². The molecule has 5 aliphatic rings. The number of piperidine rings is 4. The van der Waals surface area contributed by atoms with Crippen LogP contribution in [0.1, 0.15) is 59.3 Å². The van der Waals surface area contributed by atoms with Gasteiger partial charge in [0.15, 0.2) is 0 Å². The molecule has 5 aliphatic heterocycles. The summed E-state index contributed by atoms with van der Waals surface area (Å²) >= 11 is 0. The van der Waals surface area contributed by atoms with Crippen molar-refractivity contribution in [1.82, 2.24) is 20.0 Å². The van der Waals surface area contributed by atoms with Gasteiger partial charge in [0.1, 0.15) is 0 Å². The lowest BCUT2D eigenvalue weighted by atomic mass is 9.85. The summed E-state index contributed by atoms with van der Waals surface area (Å²) in [5, 5.41) is 3.51. The van der Waals surface area contributed by atoms with Crippen LogP contribution in [0.4, 0.5) is 0 Å². The average Bonchev–Trinajstić information content (AvgIpc) is 2.63. The van der Waals surface area contributed by atoms with E-state index in [0.29, 0.717) is 5.54 Å². The van der Waals surface area contributed by atoms with Crippen molar-refractivity contribution >= 4 is 0 Å². The van der Waals surface area contributed by atoms with E-state index in [0.717, 1.165) is 24.0 Å². The molecule has 0 radical (unpaired) electrons. The largest absolute Gasteiger partial charge is 0.317 e. The normalized spacial score (nSPS) is 34.7. The Kier molecular flexibility index (Phi) is 5.43. The standard InChI is InChI=1S/C21H40N4/c1-21(2,3)25-16-19-4-5-20(25)15-24(19)14-17-8-12-23(13-9-17)18-6-10-22-11-7-18/h17-20,22H,4-16H2,1-3H3. The number of hydrogen-bond donors (Lipinski definition) is 1. The first-order chi connectivity index (χ1) is 12.0. The Hall–Kier alpha value is -0.160. The Morgan fingerprint density at radius 3 is 2.08 bits per heavy atom. The Morgan fingerprint density at radius 1 is 0.800 bits per heavy atom. The molecule has 25 heavy (non-hydrogen) atoms. The van der Waals surface area contributed by atoms with Crippen LogP contribution in [0.25, 0.3) is 0 Å². The lowest BCUT2D eigenvalue weighted by Crippen LogP contribution is -2.67. The van der Waals surface area contributed by atoms with Gasteiger partial charge in [-0.2, -0.15) is 0 Å². The number of fused-ring (bicyclic) bond motifs is 3. The molecule has 2 atom stereocenters. The fourth-order valence-electron chi connectivity index (χ4n) is 5.97. The molecule has 2 bridgehead atoms. The van der Waals surface area contributed by atoms with Gasteiger partial charge in [0.25, 0.3) is 0 Å². The van der Waals surface area contributed by atoms with Crippen molar-refractivity contribution < 1.29 is 0 Å². The number of nitrogens with zero attached hydrogens (tertiary/aromatic N) is 3. The van der Waals surface area contributed by atoms with E-state index in [-0.39, 0.29) is 0 Å². The van der Waals surface area contributed by atoms with Gasteiger partial charge in [-0.05, 0) is 91.4 Å². The van der Waals surface area contributed by atoms with Gasteiger partial charge in [0, 0.05) is 43.3 Å². The van der Waals surface area contributed by atoms with Gasteiger partial charge in [0.05, 0.1) is 0 Å². The fourth-order valence-corrected chi connectivity index (χ4v) is 5.97. The predicted octanol–water partition coefficient (Wildman–Crippen LogP) is 2.40. The van der Waals surface area contributed by atoms with Crippen LogP contribution >= 0.6 is 0 Å². The summed E-state index contributed by atoms with van der Waals surface area (Å²) < 4.78 is 0. The lowest BCUT2D eigenvalue weighted by Gasteiger charge is -2.56. The molecule has 0 aliphatic carbocycles. The van der Waals surface area contributed by atoms with Crippen LogP contribution in [0.2, 0.25) is 0 Å². The zero-order valence-corrected chi connectivity index (χ0v) is 16.8. The van der Waals surface area contributed by atoms with Gasteiger partial charge in [-0.25, -0.2) is 0 Å². The molecule has 4 heteroatoms. The van der Waals surface area contributed by atoms with Crippen molar-refractivity contribution in [2.24, 2.45) is 5.92 Å². The molecule has 5 rings (SSSR count). The smallest absolute Gasteiger partial charge is 0.0229 e. The van der Waals surface area contributed by atoms with E-state index in [1.165, 1.54) is 84.3 Å². The first-order valence-electron chi connectivity index (χ1n) is 11.0. The zero-order valence-electron chi connectivity index (χ0n) is 16.8. The van der Waals surface area contributed by atoms with Crippen LogP contribution in [0.5, 0.6) is 0 Å². The number of nitrogens with one attached hydrogen (secondary N) is 1. The van der Waals surface area contributed by atoms with Crippen LogP contribution in [0, 0.1) is 5.92 Å². The quantitative estimate of drug-likeness (QED) is 0.845. The molecule has 0 saturated carbocycles. The van der Waals surface area contributed by atoms with E-state index in [2.05, 4.69) is 40.8 Å². The highest BCUT2D eigenvalue weighted by Crippen LogP contribution is 2.35. The molecule has 5 saturated heterocycles. The average molecular weight is 349 g/mol. The van der Waals surface area contributed by atoms with Crippen LogP contribution in [-0.2, 0) is 0 Å². The van der Waals surface area contributed by atoms with E-state index in [4.69, 9.17) is 0 Å². The van der Waals surface area contributed by atoms with Crippen molar-refractivity contribution in [3.8, 4) is 0 Å². The van der Waals surface area contributed by atoms with Crippen LogP contribution in [0.15, 0.2) is 0 Å². The molecule has 1 N–H and O–H groups in total. The van der Waals surface area contributed by atoms with Crippen molar-refractivity contribution in [3.05, 3.63) is 0 Å². The maximum absolute atomic E-state index is 3.51. The zero-order chi connectivity index (χ0) is 17.4. The molecule has 2 unspecified atom stereocenters. The van der Waals surface area contributed by atoms with E-state index in [9.17, 15) is 0 Å². The summed E-state index contributed by atoms with van der Waals surface area (Å²) in [5.41, 5.74) is 0.343. The maximum Gasteiger partial charge on any atom is 0.0229 e. The summed E-state index contributed by atoms with van der Waals surface area (Å²) in [6, 6.07) is 2.50. The molecule has 0 spiro atoms. The number of rotatable bonds is 3. The Labute approximate surface area is 155 Å². The van der Waals surface area contributed by atoms with Gasteiger partial charge < -0.3 is 10.2 Å². The molecule has 5 fully saturated rings. The molecule has 0 aromatic heterocycles. The topological polar surface area (TPSA) is 21.8 Å². The van der Waals surface area contributed by atoms with Gasteiger partial charge in [0.2, 0.25) is 0 Å². The minimum Gasteiger partial charge on any atom is -0.317 e. The third-order valence-electron chi connectivity index (χ3n) is 7.47. The Morgan fingerprint density at radius 2 is 1.48 bits per heavy atom. The van der Waals surface area contributed by atoms with Gasteiger partial charge in [-0.1, -0.05) is 0 Å². The minimum absolute atomic E-state index is 0.343. The molecular weight excluding hydrogens is 308 g/mol. The maximum atomic E-state index is 3.51. The SMILES string of the molecule is CC(C)(C)N1CC2CCC1CN2CC1CCN(C2CCNCC2)CC1. The van der Waals surface area contributed by atoms with Gasteiger partial charge in [-0.15, -0.1) is 0 Å². The summed E-state index contributed by atoms with van der Waals surface area (Å²) in [5.74, 6) is 0.945. The summed E-state index contributed by atoms with van der Waals surface area (Å²) in [6.45, 7) is 16.4. The van der Waals surface area contributed by atoms with Crippen molar-refractivity contribution in [2.45, 2.75) is 83.0 Å². The predicted molar refractivity (Wildman–Crippen MR) is 105 cm³/mol. The van der Waals surface area contributed by atoms with Crippen molar-refractivity contribution in [2.75, 3.05) is 45.8 Å². The molecule has 0 amide bonds. The van der Waals surface area contributed by atoms with Crippen LogP contribution in [0.3, 0.4) is 0 Å². The summed E-state index contributed by atoms with van der Waals surface area (Å²) in [7, 11) is 0. The molecule has 0 aromatic rings. The third kappa shape index (κ3) is 4.07. The molecular formula is C21H40N4. The highest BCUT2D eigenvalue weighted by molar-refractivity contribution is 4.99. The Bertz CT molecular complexity index is 432. The highest BCUT2D eigenvalue weighted by atomic mass is 15.3. The minimum atomic E-state index is 0.343. The van der Waals surface area contributed by atoms with Crippen LogP contribution < -0.4 is 5.32 Å². The highest BCUT2D eigenvalue weighted by Gasteiger charge is 2.43. The Balaban J connectivity index is 1.26. The van der Waals surface area contributed by atoms with E-state index in [1.807, 2.05) is 0 Å². The number of likely N-dealkylation sites (tertiary alicyclic amines) is 1. The number of hydrogen-bond acceptors (Lipinski definition) is 4. The van der Waals surface area contributed by atoms with Crippen molar-refractivity contribution in [1.29, 1.82) is 0 Å². The monoisotopic (exact) mass is 348 g/mol. The second-order valence-corrected chi connectivity index (χ2v) is 10.1. The summed E-state index contributed by atoms with van der Waals surface area (Å²) in [4.78, 5) is 8.47. The second kappa shape index (κ2) is 7.46. The number of piperazine rings is 1. The second-order valence-electron chi connectivity index (χ2n) is 10.1. The van der Waals surface area contributed by atoms with Gasteiger partial charge in [-0.3, -0.25) is 9.80 Å². The molecule has 4 nitrogen and oxygen atoms in total. The first-order valence-corrected chi connectivity index (χ1v) is 11.0. The van der Waals surface area contributed by atoms with Gasteiger partial charge >= 0.3 is 0 Å². The van der Waals surface area contributed by atoms with Crippen molar-refractivity contribution in [3.63, 3.8) is 0 Å². The molecule has 5 heterocycles. The lowest BCUT2D eigenvalue weighted by molar-refractivity contribution is -0.0707. The fraction of sp³-hybridized carbons (Fsp3) is 1.00. The summed E-state index contributed by atoms with van der Waals surface area (Å²) in [6.07, 6.45) is 8.45. The van der Waals surface area contributed by atoms with E-state index in [1.54, 1.807) is 0 Å². The molecule has 0 aromatic carbocycles. The van der Waals surface area contributed by atoms with Crippen LogP contribution in [-0.4, -0.2) is 84.2 Å². The first kappa shape index (κ1) is 18.2. The third-order valence-corrected chi connectivity index (χ3v) is 7.47. The van der Waals surface area contributed by atoms with E-state index < -0.39 is 0 Å².